The summed E-state index contributed by atoms with van der Waals surface area (Å²) in [4.78, 5) is 31.1. The highest BCUT2D eigenvalue weighted by Gasteiger charge is 2.35. The standard InChI is InChI=1S/C21H19N3O3/c1-27-17-7-4-6-16(12-17)24-13-15(11-20(24)25)21(26)23-19-10-9-14-5-2-3-8-18(14)22-19/h2-10,12,15H,11,13H2,1H3,(H,22,23,26). The molecule has 0 aliphatic carbocycles. The molecule has 2 aromatic carbocycles. The molecule has 1 saturated heterocycles. The van der Waals surface area contributed by atoms with E-state index < -0.39 is 5.92 Å². The number of hydrogen-bond donors (Lipinski definition) is 1. The van der Waals surface area contributed by atoms with E-state index in [-0.39, 0.29) is 18.2 Å². The van der Waals surface area contributed by atoms with Gasteiger partial charge in [-0.2, -0.15) is 0 Å². The summed E-state index contributed by atoms with van der Waals surface area (Å²) in [6.07, 6.45) is 0.177. The van der Waals surface area contributed by atoms with Crippen LogP contribution in [0.25, 0.3) is 10.9 Å². The van der Waals surface area contributed by atoms with E-state index in [1.165, 1.54) is 0 Å². The van der Waals surface area contributed by atoms with Gasteiger partial charge in [-0.3, -0.25) is 9.59 Å². The maximum absolute atomic E-state index is 12.6. The number of carbonyl (C=O) groups is 2. The molecule has 1 aromatic heterocycles. The largest absolute Gasteiger partial charge is 0.497 e. The molecular formula is C21H19N3O3. The van der Waals surface area contributed by atoms with E-state index in [1.807, 2.05) is 48.5 Å². The van der Waals surface area contributed by atoms with Gasteiger partial charge in [-0.25, -0.2) is 4.98 Å². The molecule has 1 unspecified atom stereocenters. The first kappa shape index (κ1) is 17.0. The summed E-state index contributed by atoms with van der Waals surface area (Å²) in [5.74, 6) is 0.475. The molecule has 2 amide bonds. The third kappa shape index (κ3) is 3.46. The molecule has 1 atom stereocenters. The predicted octanol–water partition coefficient (Wildman–Crippen LogP) is 3.24. The topological polar surface area (TPSA) is 71.5 Å². The Hall–Kier alpha value is -3.41. The van der Waals surface area contributed by atoms with E-state index in [0.717, 1.165) is 16.6 Å². The van der Waals surface area contributed by atoms with Crippen LogP contribution in [0.4, 0.5) is 11.5 Å². The predicted molar refractivity (Wildman–Crippen MR) is 104 cm³/mol. The quantitative estimate of drug-likeness (QED) is 0.774. The summed E-state index contributed by atoms with van der Waals surface area (Å²) in [6.45, 7) is 0.339. The number of ether oxygens (including phenoxy) is 1. The lowest BCUT2D eigenvalue weighted by atomic mass is 10.1. The molecule has 6 nitrogen and oxygen atoms in total. The Morgan fingerprint density at radius 1 is 1.15 bits per heavy atom. The zero-order valence-corrected chi connectivity index (χ0v) is 14.9. The van der Waals surface area contributed by atoms with Crippen molar-refractivity contribution in [2.24, 2.45) is 5.92 Å². The van der Waals surface area contributed by atoms with E-state index in [2.05, 4.69) is 10.3 Å². The minimum atomic E-state index is -0.419. The van der Waals surface area contributed by atoms with Gasteiger partial charge in [-0.1, -0.05) is 24.3 Å². The van der Waals surface area contributed by atoms with Crippen molar-refractivity contribution in [1.29, 1.82) is 0 Å². The molecule has 1 N–H and O–H groups in total. The fraction of sp³-hybridized carbons (Fsp3) is 0.190. The Kier molecular flexibility index (Phi) is 4.46. The summed E-state index contributed by atoms with van der Waals surface area (Å²) in [7, 11) is 1.58. The SMILES string of the molecule is COc1cccc(N2CC(C(=O)Nc3ccc4ccccc4n3)CC2=O)c1. The third-order valence-corrected chi connectivity index (χ3v) is 4.71. The highest BCUT2D eigenvalue weighted by atomic mass is 16.5. The summed E-state index contributed by atoms with van der Waals surface area (Å²) in [5, 5.41) is 3.85. The second-order valence-electron chi connectivity index (χ2n) is 6.49. The number of hydrogen-bond acceptors (Lipinski definition) is 4. The molecular weight excluding hydrogens is 342 g/mol. The maximum Gasteiger partial charge on any atom is 0.230 e. The van der Waals surface area contributed by atoms with Crippen LogP contribution in [0, 0.1) is 5.92 Å². The number of carbonyl (C=O) groups excluding carboxylic acids is 2. The van der Waals surface area contributed by atoms with Crippen LogP contribution >= 0.6 is 0 Å². The average Bonchev–Trinajstić information content (AvgIpc) is 3.10. The molecule has 0 radical (unpaired) electrons. The summed E-state index contributed by atoms with van der Waals surface area (Å²) >= 11 is 0. The molecule has 2 heterocycles. The molecule has 1 fully saturated rings. The number of nitrogens with zero attached hydrogens (tertiary/aromatic N) is 2. The number of pyridine rings is 1. The van der Waals surface area contributed by atoms with Crippen LogP contribution in [-0.2, 0) is 9.59 Å². The number of aromatic nitrogens is 1. The Labute approximate surface area is 156 Å². The van der Waals surface area contributed by atoms with E-state index in [0.29, 0.717) is 18.1 Å². The Morgan fingerprint density at radius 3 is 2.85 bits per heavy atom. The molecule has 0 spiro atoms. The van der Waals surface area contributed by atoms with Gasteiger partial charge in [0.25, 0.3) is 0 Å². The second kappa shape index (κ2) is 7.07. The van der Waals surface area contributed by atoms with Crippen LogP contribution in [0.5, 0.6) is 5.75 Å². The molecule has 136 valence electrons. The zero-order chi connectivity index (χ0) is 18.8. The number of rotatable bonds is 4. The lowest BCUT2D eigenvalue weighted by Crippen LogP contribution is -2.28. The smallest absolute Gasteiger partial charge is 0.230 e. The molecule has 4 rings (SSSR count). The molecule has 0 bridgehead atoms. The monoisotopic (exact) mass is 361 g/mol. The Morgan fingerprint density at radius 2 is 2.00 bits per heavy atom. The Balaban J connectivity index is 1.48. The average molecular weight is 361 g/mol. The van der Waals surface area contributed by atoms with Crippen molar-refractivity contribution in [3.63, 3.8) is 0 Å². The minimum absolute atomic E-state index is 0.0742. The lowest BCUT2D eigenvalue weighted by Gasteiger charge is -2.17. The highest BCUT2D eigenvalue weighted by Crippen LogP contribution is 2.28. The van der Waals surface area contributed by atoms with Gasteiger partial charge in [0, 0.05) is 30.1 Å². The van der Waals surface area contributed by atoms with Crippen molar-refractivity contribution in [2.75, 3.05) is 23.9 Å². The summed E-state index contributed by atoms with van der Waals surface area (Å²) in [5.41, 5.74) is 1.55. The van der Waals surface area contributed by atoms with E-state index in [4.69, 9.17) is 4.74 Å². The van der Waals surface area contributed by atoms with Gasteiger partial charge < -0.3 is 15.0 Å². The van der Waals surface area contributed by atoms with E-state index in [9.17, 15) is 9.59 Å². The minimum Gasteiger partial charge on any atom is -0.497 e. The van der Waals surface area contributed by atoms with E-state index in [1.54, 1.807) is 24.1 Å². The maximum atomic E-state index is 12.6. The first-order chi connectivity index (χ1) is 13.1. The fourth-order valence-corrected chi connectivity index (χ4v) is 3.28. The van der Waals surface area contributed by atoms with Crippen molar-refractivity contribution in [2.45, 2.75) is 6.42 Å². The van der Waals surface area contributed by atoms with Crippen LogP contribution in [-0.4, -0.2) is 30.5 Å². The van der Waals surface area contributed by atoms with Gasteiger partial charge in [-0.05, 0) is 30.3 Å². The number of nitrogens with one attached hydrogen (secondary N) is 1. The summed E-state index contributed by atoms with van der Waals surface area (Å²) in [6, 6.07) is 18.7. The number of amides is 2. The lowest BCUT2D eigenvalue weighted by molar-refractivity contribution is -0.122. The normalized spacial score (nSPS) is 16.6. The van der Waals surface area contributed by atoms with Crippen molar-refractivity contribution in [1.82, 2.24) is 4.98 Å². The van der Waals surface area contributed by atoms with Gasteiger partial charge in [-0.15, -0.1) is 0 Å². The zero-order valence-electron chi connectivity index (χ0n) is 14.9. The van der Waals surface area contributed by atoms with Crippen molar-refractivity contribution in [3.8, 4) is 5.75 Å². The number of anilines is 2. The van der Waals surface area contributed by atoms with Gasteiger partial charge in [0.15, 0.2) is 0 Å². The van der Waals surface area contributed by atoms with Crippen LogP contribution in [0.15, 0.2) is 60.7 Å². The van der Waals surface area contributed by atoms with Gasteiger partial charge >= 0.3 is 0 Å². The number of para-hydroxylation sites is 1. The molecule has 6 heteroatoms. The molecule has 1 aliphatic rings. The van der Waals surface area contributed by atoms with E-state index >= 15 is 0 Å². The van der Waals surface area contributed by atoms with Gasteiger partial charge in [0.1, 0.15) is 11.6 Å². The van der Waals surface area contributed by atoms with Crippen LogP contribution < -0.4 is 15.0 Å². The van der Waals surface area contributed by atoms with Crippen LogP contribution in [0.3, 0.4) is 0 Å². The van der Waals surface area contributed by atoms with Gasteiger partial charge in [0.05, 0.1) is 18.5 Å². The number of benzene rings is 2. The Bertz CT molecular complexity index is 1020. The first-order valence-corrected chi connectivity index (χ1v) is 8.75. The second-order valence-corrected chi connectivity index (χ2v) is 6.49. The molecule has 27 heavy (non-hydrogen) atoms. The third-order valence-electron chi connectivity index (χ3n) is 4.71. The van der Waals surface area contributed by atoms with Crippen LogP contribution in [0.2, 0.25) is 0 Å². The number of fused-ring (bicyclic) bond motifs is 1. The summed E-state index contributed by atoms with van der Waals surface area (Å²) < 4.78 is 5.21. The van der Waals surface area contributed by atoms with Crippen molar-refractivity contribution < 1.29 is 14.3 Å². The molecule has 0 saturated carbocycles. The molecule has 1 aliphatic heterocycles. The van der Waals surface area contributed by atoms with Gasteiger partial charge in [0.2, 0.25) is 11.8 Å². The highest BCUT2D eigenvalue weighted by molar-refractivity contribution is 6.03. The fourth-order valence-electron chi connectivity index (χ4n) is 3.28. The number of methoxy groups -OCH3 is 1. The molecule has 3 aromatic rings. The van der Waals surface area contributed by atoms with Crippen molar-refractivity contribution >= 4 is 34.2 Å². The van der Waals surface area contributed by atoms with Crippen LogP contribution in [0.1, 0.15) is 6.42 Å². The van der Waals surface area contributed by atoms with Crippen molar-refractivity contribution in [3.05, 3.63) is 60.7 Å². The first-order valence-electron chi connectivity index (χ1n) is 8.75.